The van der Waals surface area contributed by atoms with Gasteiger partial charge in [0.15, 0.2) is 0 Å². The highest BCUT2D eigenvalue weighted by Gasteiger charge is 2.27. The maximum absolute atomic E-state index is 12.2. The molecule has 1 aromatic rings. The molecule has 0 atom stereocenters. The fourth-order valence-electron chi connectivity index (χ4n) is 1.67. The Morgan fingerprint density at radius 3 is 2.61 bits per heavy atom. The van der Waals surface area contributed by atoms with E-state index in [-0.39, 0.29) is 6.54 Å². The number of nitrogens with one attached hydrogen (secondary N) is 1. The number of nitrogens with zero attached hydrogens (tertiary/aromatic N) is 2. The third-order valence-corrected chi connectivity index (χ3v) is 2.61. The molecule has 0 fully saturated rings. The number of alkyl halides is 3. The van der Waals surface area contributed by atoms with Crippen LogP contribution in [0, 0.1) is 6.92 Å². The normalized spacial score (nSPS) is 11.7. The van der Waals surface area contributed by atoms with Crippen LogP contribution in [0.2, 0.25) is 0 Å². The zero-order valence-corrected chi connectivity index (χ0v) is 10.8. The van der Waals surface area contributed by atoms with E-state index in [9.17, 15) is 13.2 Å². The van der Waals surface area contributed by atoms with Crippen molar-refractivity contribution in [3.8, 4) is 0 Å². The van der Waals surface area contributed by atoms with Crippen molar-refractivity contribution in [2.24, 2.45) is 0 Å². The van der Waals surface area contributed by atoms with Gasteiger partial charge in [0.25, 0.3) is 0 Å². The van der Waals surface area contributed by atoms with Gasteiger partial charge in [0.05, 0.1) is 6.42 Å². The van der Waals surface area contributed by atoms with Crippen LogP contribution >= 0.6 is 0 Å². The second kappa shape index (κ2) is 6.04. The Morgan fingerprint density at radius 2 is 2.06 bits per heavy atom. The number of rotatable bonds is 5. The first kappa shape index (κ1) is 14.8. The van der Waals surface area contributed by atoms with Crippen LogP contribution in [0.5, 0.6) is 0 Å². The number of anilines is 1. The van der Waals surface area contributed by atoms with E-state index >= 15 is 0 Å². The van der Waals surface area contributed by atoms with Gasteiger partial charge >= 0.3 is 6.18 Å². The monoisotopic (exact) mass is 261 g/mol. The van der Waals surface area contributed by atoms with Gasteiger partial charge in [0.2, 0.25) is 0 Å². The van der Waals surface area contributed by atoms with Crippen molar-refractivity contribution in [1.29, 1.82) is 0 Å². The van der Waals surface area contributed by atoms with Crippen LogP contribution in [0.25, 0.3) is 0 Å². The topological polar surface area (TPSA) is 28.2 Å². The van der Waals surface area contributed by atoms with Gasteiger partial charge in [-0.05, 0) is 20.0 Å². The molecule has 1 aromatic heterocycles. The summed E-state index contributed by atoms with van der Waals surface area (Å²) in [5.74, 6) is 0. The van der Waals surface area contributed by atoms with Crippen molar-refractivity contribution in [2.45, 2.75) is 26.1 Å². The quantitative estimate of drug-likeness (QED) is 0.882. The summed E-state index contributed by atoms with van der Waals surface area (Å²) < 4.78 is 36.6. The van der Waals surface area contributed by atoms with E-state index in [2.05, 4.69) is 10.3 Å². The maximum Gasteiger partial charge on any atom is 0.390 e. The lowest BCUT2D eigenvalue weighted by Gasteiger charge is -2.23. The van der Waals surface area contributed by atoms with Crippen LogP contribution in [0.4, 0.5) is 18.9 Å². The maximum atomic E-state index is 12.2. The lowest BCUT2D eigenvalue weighted by molar-refractivity contribution is -0.132. The number of hydrogen-bond acceptors (Lipinski definition) is 3. The Bertz CT molecular complexity index is 391. The van der Waals surface area contributed by atoms with Crippen molar-refractivity contribution in [3.63, 3.8) is 0 Å². The minimum absolute atomic E-state index is 0.0519. The number of halogens is 3. The van der Waals surface area contributed by atoms with Crippen molar-refractivity contribution in [1.82, 2.24) is 10.3 Å². The summed E-state index contributed by atoms with van der Waals surface area (Å²) >= 11 is 0. The molecule has 0 amide bonds. The molecule has 0 aliphatic rings. The minimum atomic E-state index is -4.13. The van der Waals surface area contributed by atoms with E-state index in [1.807, 2.05) is 13.0 Å². The fourth-order valence-corrected chi connectivity index (χ4v) is 1.67. The van der Waals surface area contributed by atoms with E-state index in [0.29, 0.717) is 6.54 Å². The average Bonchev–Trinajstić information content (AvgIpc) is 2.27. The van der Waals surface area contributed by atoms with Gasteiger partial charge in [0.1, 0.15) is 0 Å². The van der Waals surface area contributed by atoms with Gasteiger partial charge < -0.3 is 10.2 Å². The van der Waals surface area contributed by atoms with E-state index in [0.717, 1.165) is 16.9 Å². The van der Waals surface area contributed by atoms with Gasteiger partial charge in [0, 0.05) is 43.3 Å². The van der Waals surface area contributed by atoms with E-state index < -0.39 is 12.6 Å². The van der Waals surface area contributed by atoms with Crippen LogP contribution in [0.15, 0.2) is 12.3 Å². The SMILES string of the molecule is CNCc1cnc(C)cc1N(C)CCC(F)(F)F. The molecule has 0 saturated carbocycles. The first-order valence-electron chi connectivity index (χ1n) is 5.71. The Hall–Kier alpha value is -1.30. The number of hydrogen-bond donors (Lipinski definition) is 1. The third-order valence-electron chi connectivity index (χ3n) is 2.61. The molecular formula is C12H18F3N3. The molecule has 102 valence electrons. The number of aryl methyl sites for hydroxylation is 1. The fraction of sp³-hybridized carbons (Fsp3) is 0.583. The van der Waals surface area contributed by atoms with Gasteiger partial charge in [-0.25, -0.2) is 0 Å². The zero-order chi connectivity index (χ0) is 13.8. The smallest absolute Gasteiger partial charge is 0.374 e. The van der Waals surface area contributed by atoms with Crippen LogP contribution in [0.3, 0.4) is 0 Å². The second-order valence-electron chi connectivity index (χ2n) is 4.27. The zero-order valence-electron chi connectivity index (χ0n) is 10.8. The molecule has 0 unspecified atom stereocenters. The molecule has 1 rings (SSSR count). The summed E-state index contributed by atoms with van der Waals surface area (Å²) in [4.78, 5) is 5.78. The summed E-state index contributed by atoms with van der Waals surface area (Å²) in [6.45, 7) is 2.35. The van der Waals surface area contributed by atoms with Gasteiger partial charge in [-0.3, -0.25) is 4.98 Å². The predicted octanol–water partition coefficient (Wildman–Crippen LogP) is 2.50. The average molecular weight is 261 g/mol. The van der Waals surface area contributed by atoms with Crippen LogP contribution in [0.1, 0.15) is 17.7 Å². The molecular weight excluding hydrogens is 243 g/mol. The van der Waals surface area contributed by atoms with Gasteiger partial charge in [-0.15, -0.1) is 0 Å². The summed E-state index contributed by atoms with van der Waals surface area (Å²) in [5, 5.41) is 2.98. The first-order valence-corrected chi connectivity index (χ1v) is 5.71. The summed E-state index contributed by atoms with van der Waals surface area (Å²) in [5.41, 5.74) is 2.48. The molecule has 1 N–H and O–H groups in total. The van der Waals surface area contributed by atoms with Crippen molar-refractivity contribution < 1.29 is 13.2 Å². The predicted molar refractivity (Wildman–Crippen MR) is 65.7 cm³/mol. The molecule has 1 heterocycles. The largest absolute Gasteiger partial charge is 0.390 e. The Kier molecular flexibility index (Phi) is 4.95. The highest BCUT2D eigenvalue weighted by Crippen LogP contribution is 2.24. The Morgan fingerprint density at radius 1 is 1.39 bits per heavy atom. The molecule has 18 heavy (non-hydrogen) atoms. The third kappa shape index (κ3) is 4.52. The van der Waals surface area contributed by atoms with E-state index in [4.69, 9.17) is 0 Å². The van der Waals surface area contributed by atoms with Crippen LogP contribution in [-0.2, 0) is 6.54 Å². The van der Waals surface area contributed by atoms with Crippen molar-refractivity contribution in [3.05, 3.63) is 23.5 Å². The highest BCUT2D eigenvalue weighted by atomic mass is 19.4. The molecule has 0 aliphatic heterocycles. The summed E-state index contributed by atoms with van der Waals surface area (Å²) in [6.07, 6.45) is -3.24. The molecule has 0 spiro atoms. The van der Waals surface area contributed by atoms with E-state index in [1.54, 1.807) is 25.2 Å². The lowest BCUT2D eigenvalue weighted by atomic mass is 10.2. The molecule has 0 aromatic carbocycles. The minimum Gasteiger partial charge on any atom is -0.374 e. The molecule has 0 bridgehead atoms. The standard InChI is InChI=1S/C12H18F3N3/c1-9-6-11(10(7-16-2)8-17-9)18(3)5-4-12(13,14)15/h6,8,16H,4-5,7H2,1-3H3. The number of pyridine rings is 1. The molecule has 0 aliphatic carbocycles. The Labute approximate surface area is 105 Å². The van der Waals surface area contributed by atoms with E-state index in [1.165, 1.54) is 0 Å². The highest BCUT2D eigenvalue weighted by molar-refractivity contribution is 5.53. The second-order valence-corrected chi connectivity index (χ2v) is 4.27. The van der Waals surface area contributed by atoms with Crippen molar-refractivity contribution >= 4 is 5.69 Å². The lowest BCUT2D eigenvalue weighted by Crippen LogP contribution is -2.25. The summed E-state index contributed by atoms with van der Waals surface area (Å²) in [7, 11) is 3.46. The van der Waals surface area contributed by atoms with Crippen molar-refractivity contribution in [2.75, 3.05) is 25.5 Å². The van der Waals surface area contributed by atoms with Gasteiger partial charge in [-0.1, -0.05) is 0 Å². The first-order chi connectivity index (χ1) is 8.33. The molecule has 0 saturated heterocycles. The number of aromatic nitrogens is 1. The molecule has 6 heteroatoms. The van der Waals surface area contributed by atoms with Crippen LogP contribution in [-0.4, -0.2) is 31.8 Å². The summed E-state index contributed by atoms with van der Waals surface area (Å²) in [6, 6.07) is 1.81. The molecule has 3 nitrogen and oxygen atoms in total. The molecule has 0 radical (unpaired) electrons. The Balaban J connectivity index is 2.82. The van der Waals surface area contributed by atoms with Gasteiger partial charge in [-0.2, -0.15) is 13.2 Å². The van der Waals surface area contributed by atoms with Crippen LogP contribution < -0.4 is 10.2 Å².